The van der Waals surface area contributed by atoms with Gasteiger partial charge in [-0.05, 0) is 18.2 Å². The molecular weight excluding hydrogens is 272 g/mol. The largest absolute Gasteiger partial charge is 0.497 e. The number of quaternary nitrogens is 1. The van der Waals surface area contributed by atoms with E-state index in [1.807, 2.05) is 0 Å². The van der Waals surface area contributed by atoms with Crippen molar-refractivity contribution in [2.24, 2.45) is 0 Å². The lowest BCUT2D eigenvalue weighted by Crippen LogP contribution is -3.14. The molecule has 0 aromatic heterocycles. The molecule has 1 amide bonds. The molecule has 0 bridgehead atoms. The number of hydrogen-bond acceptors (Lipinski definition) is 4. The Morgan fingerprint density at radius 1 is 1.29 bits per heavy atom. The van der Waals surface area contributed by atoms with Crippen molar-refractivity contribution >= 4 is 17.4 Å². The lowest BCUT2D eigenvalue weighted by atomic mass is 10.1. The van der Waals surface area contributed by atoms with Crippen LogP contribution < -0.4 is 14.5 Å². The van der Waals surface area contributed by atoms with E-state index in [0.29, 0.717) is 23.5 Å². The van der Waals surface area contributed by atoms with Gasteiger partial charge in [-0.1, -0.05) is 0 Å². The smallest absolute Gasteiger partial charge is 0.299 e. The summed E-state index contributed by atoms with van der Waals surface area (Å²) >= 11 is 0. The van der Waals surface area contributed by atoms with Crippen LogP contribution in [0.2, 0.25) is 0 Å². The molecule has 1 N–H and O–H groups in total. The highest BCUT2D eigenvalue weighted by molar-refractivity contribution is 6.52. The van der Waals surface area contributed by atoms with E-state index < -0.39 is 11.7 Å². The molecule has 0 unspecified atom stereocenters. The van der Waals surface area contributed by atoms with Crippen molar-refractivity contribution in [3.8, 4) is 5.75 Å². The molecule has 1 fully saturated rings. The molecule has 0 radical (unpaired) electrons. The topological polar surface area (TPSA) is 60.3 Å². The minimum absolute atomic E-state index is 0.439. The summed E-state index contributed by atoms with van der Waals surface area (Å²) in [5, 5.41) is 0. The predicted octanol–water partition coefficient (Wildman–Crippen LogP) is -0.860. The number of nitrogens with zero attached hydrogens (tertiary/aromatic N) is 1. The number of fused-ring (bicyclic) bond motifs is 1. The Kier molecular flexibility index (Phi) is 3.90. The summed E-state index contributed by atoms with van der Waals surface area (Å²) in [4.78, 5) is 27.2. The number of carbonyl (C=O) groups excluding carboxylic acids is 2. The molecule has 0 saturated carbocycles. The summed E-state index contributed by atoms with van der Waals surface area (Å²) in [5.74, 6) is -0.289. The van der Waals surface area contributed by atoms with E-state index in [1.54, 1.807) is 30.2 Å². The number of morpholine rings is 1. The first kappa shape index (κ1) is 14.0. The van der Waals surface area contributed by atoms with Crippen LogP contribution in [-0.4, -0.2) is 58.2 Å². The number of ketones is 1. The van der Waals surface area contributed by atoms with Gasteiger partial charge in [-0.25, -0.2) is 0 Å². The van der Waals surface area contributed by atoms with E-state index in [4.69, 9.17) is 9.47 Å². The van der Waals surface area contributed by atoms with Crippen LogP contribution in [0.25, 0.3) is 0 Å². The van der Waals surface area contributed by atoms with Crippen molar-refractivity contribution in [2.75, 3.05) is 51.4 Å². The third kappa shape index (κ3) is 2.64. The predicted molar refractivity (Wildman–Crippen MR) is 76.1 cm³/mol. The number of methoxy groups -OCH3 is 1. The summed E-state index contributed by atoms with van der Waals surface area (Å²) in [5.41, 5.74) is 1.13. The Balaban J connectivity index is 1.74. The first-order valence-corrected chi connectivity index (χ1v) is 7.16. The zero-order valence-corrected chi connectivity index (χ0v) is 12.1. The molecule has 1 aromatic rings. The van der Waals surface area contributed by atoms with Crippen molar-refractivity contribution in [2.45, 2.75) is 0 Å². The van der Waals surface area contributed by atoms with Gasteiger partial charge in [-0.2, -0.15) is 0 Å². The first-order chi connectivity index (χ1) is 10.2. The highest BCUT2D eigenvalue weighted by Gasteiger charge is 2.36. The van der Waals surface area contributed by atoms with Gasteiger partial charge >= 0.3 is 0 Å². The zero-order chi connectivity index (χ0) is 14.8. The number of Topliss-reactive ketones (excluding diaryl/α,β-unsaturated/α-hetero) is 1. The molecule has 1 aromatic carbocycles. The molecule has 0 atom stereocenters. The number of amides is 1. The van der Waals surface area contributed by atoms with Crippen LogP contribution in [0.15, 0.2) is 18.2 Å². The van der Waals surface area contributed by atoms with E-state index in [9.17, 15) is 9.59 Å². The third-order valence-corrected chi connectivity index (χ3v) is 4.07. The van der Waals surface area contributed by atoms with Gasteiger partial charge in [0, 0.05) is 0 Å². The molecule has 112 valence electrons. The summed E-state index contributed by atoms with van der Waals surface area (Å²) in [6.45, 7) is 4.80. The summed E-state index contributed by atoms with van der Waals surface area (Å²) in [6, 6.07) is 5.20. The maximum atomic E-state index is 12.1. The molecule has 2 aliphatic rings. The molecule has 6 nitrogen and oxygen atoms in total. The molecule has 3 rings (SSSR count). The van der Waals surface area contributed by atoms with Crippen LogP contribution in [0, 0.1) is 0 Å². The molecule has 2 aliphatic heterocycles. The van der Waals surface area contributed by atoms with Crippen molar-refractivity contribution in [1.29, 1.82) is 0 Å². The minimum atomic E-state index is -0.444. The van der Waals surface area contributed by atoms with Crippen LogP contribution >= 0.6 is 0 Å². The Morgan fingerprint density at radius 3 is 2.76 bits per heavy atom. The van der Waals surface area contributed by atoms with Gasteiger partial charge in [0.2, 0.25) is 0 Å². The zero-order valence-electron chi connectivity index (χ0n) is 12.1. The van der Waals surface area contributed by atoms with Gasteiger partial charge in [-0.3, -0.25) is 14.5 Å². The van der Waals surface area contributed by atoms with Crippen molar-refractivity contribution in [3.63, 3.8) is 0 Å². The van der Waals surface area contributed by atoms with Gasteiger partial charge in [0.1, 0.15) is 18.8 Å². The Morgan fingerprint density at radius 2 is 2.05 bits per heavy atom. The van der Waals surface area contributed by atoms with E-state index in [-0.39, 0.29) is 0 Å². The maximum absolute atomic E-state index is 12.1. The summed E-state index contributed by atoms with van der Waals surface area (Å²) in [7, 11) is 1.54. The average Bonchev–Trinajstić information content (AvgIpc) is 2.77. The first-order valence-electron chi connectivity index (χ1n) is 7.16. The quantitative estimate of drug-likeness (QED) is 0.733. The van der Waals surface area contributed by atoms with Gasteiger partial charge in [0.05, 0.1) is 44.7 Å². The Hall–Kier alpha value is -1.92. The van der Waals surface area contributed by atoms with E-state index >= 15 is 0 Å². The van der Waals surface area contributed by atoms with Crippen LogP contribution in [-0.2, 0) is 9.53 Å². The lowest BCUT2D eigenvalue weighted by Gasteiger charge is -2.26. The molecule has 0 spiro atoms. The SMILES string of the molecule is COc1ccc2c(c1)C(=O)C(=O)N2CC[NH+]1CCOCC1. The second-order valence-corrected chi connectivity index (χ2v) is 5.28. The maximum Gasteiger partial charge on any atom is 0.299 e. The highest BCUT2D eigenvalue weighted by atomic mass is 16.5. The highest BCUT2D eigenvalue weighted by Crippen LogP contribution is 2.31. The standard InChI is InChI=1S/C15H18N2O4/c1-20-11-2-3-13-12(10-11)14(18)15(19)17(13)5-4-16-6-8-21-9-7-16/h2-3,10H,4-9H2,1H3/p+1. The normalized spacial score (nSPS) is 19.0. The van der Waals surface area contributed by atoms with Gasteiger partial charge in [0.15, 0.2) is 0 Å². The second kappa shape index (κ2) is 5.83. The van der Waals surface area contributed by atoms with Gasteiger partial charge in [-0.15, -0.1) is 0 Å². The Labute approximate surface area is 123 Å². The molecule has 2 heterocycles. The minimum Gasteiger partial charge on any atom is -0.497 e. The van der Waals surface area contributed by atoms with Crippen LogP contribution in [0.1, 0.15) is 10.4 Å². The average molecular weight is 291 g/mol. The molecule has 21 heavy (non-hydrogen) atoms. The van der Waals surface area contributed by atoms with Crippen molar-refractivity contribution in [1.82, 2.24) is 0 Å². The molecule has 1 saturated heterocycles. The molecular formula is C15H19N2O4+. The van der Waals surface area contributed by atoms with E-state index in [0.717, 1.165) is 32.8 Å². The van der Waals surface area contributed by atoms with Crippen molar-refractivity contribution in [3.05, 3.63) is 23.8 Å². The Bertz CT molecular complexity index is 567. The number of carbonyl (C=O) groups is 2. The number of rotatable bonds is 4. The number of anilines is 1. The fourth-order valence-electron chi connectivity index (χ4n) is 2.81. The van der Waals surface area contributed by atoms with Crippen LogP contribution in [0.3, 0.4) is 0 Å². The van der Waals surface area contributed by atoms with Crippen LogP contribution in [0.5, 0.6) is 5.75 Å². The van der Waals surface area contributed by atoms with Crippen molar-refractivity contribution < 1.29 is 24.0 Å². The second-order valence-electron chi connectivity index (χ2n) is 5.28. The van der Waals surface area contributed by atoms with E-state index in [1.165, 1.54) is 4.90 Å². The van der Waals surface area contributed by atoms with E-state index in [2.05, 4.69) is 0 Å². The number of nitrogens with one attached hydrogen (secondary N) is 1. The molecule has 0 aliphatic carbocycles. The van der Waals surface area contributed by atoms with Gasteiger partial charge in [0.25, 0.3) is 11.7 Å². The fourth-order valence-corrected chi connectivity index (χ4v) is 2.81. The third-order valence-electron chi connectivity index (χ3n) is 4.07. The number of benzene rings is 1. The number of hydrogen-bond donors (Lipinski definition) is 1. The summed E-state index contributed by atoms with van der Waals surface area (Å²) in [6.07, 6.45) is 0. The van der Waals surface area contributed by atoms with Gasteiger partial charge < -0.3 is 14.4 Å². The fraction of sp³-hybridized carbons (Fsp3) is 0.467. The molecule has 6 heteroatoms. The lowest BCUT2D eigenvalue weighted by molar-refractivity contribution is -0.906. The monoisotopic (exact) mass is 291 g/mol. The van der Waals surface area contributed by atoms with Crippen LogP contribution in [0.4, 0.5) is 5.69 Å². The number of ether oxygens (including phenoxy) is 2. The summed E-state index contributed by atoms with van der Waals surface area (Å²) < 4.78 is 10.4.